The molecule has 156 valence electrons. The molecule has 3 rings (SSSR count). The first-order chi connectivity index (χ1) is 14.0. The molecule has 0 aliphatic carbocycles. The zero-order valence-electron chi connectivity index (χ0n) is 16.6. The number of halogens is 1. The number of carbonyl (C=O) groups excluding carboxylic acids is 2. The summed E-state index contributed by atoms with van der Waals surface area (Å²) >= 11 is 1.65. The Bertz CT molecular complexity index is 857. The minimum absolute atomic E-state index is 0.0195. The summed E-state index contributed by atoms with van der Waals surface area (Å²) in [5.74, 6) is -0.611. The maximum absolute atomic E-state index is 14.0. The smallest absolute Gasteiger partial charge is 0.242 e. The highest BCUT2D eigenvalue weighted by atomic mass is 32.1. The number of thiophene rings is 1. The Morgan fingerprint density at radius 3 is 2.83 bits per heavy atom. The first-order valence-electron chi connectivity index (χ1n) is 9.48. The largest absolute Gasteiger partial charge is 0.488 e. The van der Waals surface area contributed by atoms with Gasteiger partial charge in [0.05, 0.1) is 19.2 Å². The third kappa shape index (κ3) is 5.13. The highest BCUT2D eigenvalue weighted by Crippen LogP contribution is 2.34. The predicted molar refractivity (Wildman–Crippen MR) is 109 cm³/mol. The van der Waals surface area contributed by atoms with Gasteiger partial charge in [-0.15, -0.1) is 11.3 Å². The number of ether oxygens (including phenoxy) is 2. The highest BCUT2D eigenvalue weighted by molar-refractivity contribution is 7.10. The number of hydrogen-bond donors (Lipinski definition) is 0. The Labute approximate surface area is 173 Å². The average molecular weight is 421 g/mol. The Morgan fingerprint density at radius 2 is 2.10 bits per heavy atom. The molecule has 2 aromatic rings. The monoisotopic (exact) mass is 420 g/mol. The molecule has 2 amide bonds. The van der Waals surface area contributed by atoms with Crippen LogP contribution < -0.4 is 4.74 Å². The third-order valence-electron chi connectivity index (χ3n) is 4.99. The van der Waals surface area contributed by atoms with Crippen LogP contribution in [-0.2, 0) is 20.7 Å². The van der Waals surface area contributed by atoms with Gasteiger partial charge < -0.3 is 19.3 Å². The van der Waals surface area contributed by atoms with Gasteiger partial charge in [0.1, 0.15) is 6.61 Å². The lowest BCUT2D eigenvalue weighted by atomic mass is 10.0. The van der Waals surface area contributed by atoms with E-state index in [-0.39, 0.29) is 36.8 Å². The van der Waals surface area contributed by atoms with Crippen molar-refractivity contribution >= 4 is 23.2 Å². The molecule has 0 N–H and O–H groups in total. The fourth-order valence-electron chi connectivity index (χ4n) is 3.41. The fourth-order valence-corrected chi connectivity index (χ4v) is 4.34. The van der Waals surface area contributed by atoms with Crippen LogP contribution >= 0.6 is 11.3 Å². The van der Waals surface area contributed by atoms with Crippen molar-refractivity contribution < 1.29 is 23.5 Å². The van der Waals surface area contributed by atoms with Gasteiger partial charge in [-0.3, -0.25) is 9.59 Å². The van der Waals surface area contributed by atoms with Crippen LogP contribution in [0.4, 0.5) is 4.39 Å². The Morgan fingerprint density at radius 1 is 1.31 bits per heavy atom. The second-order valence-electron chi connectivity index (χ2n) is 6.83. The summed E-state index contributed by atoms with van der Waals surface area (Å²) < 4.78 is 24.7. The SMILES string of the molecule is COCCN(CC(=O)N1CCc2sccc2[C@H]1COc1ccccc1F)C(C)=O. The Balaban J connectivity index is 1.76. The van der Waals surface area contributed by atoms with E-state index in [1.165, 1.54) is 22.8 Å². The molecule has 2 heterocycles. The molecule has 29 heavy (non-hydrogen) atoms. The normalized spacial score (nSPS) is 15.7. The van der Waals surface area contributed by atoms with E-state index in [9.17, 15) is 14.0 Å². The molecule has 1 aromatic carbocycles. The van der Waals surface area contributed by atoms with E-state index in [0.29, 0.717) is 19.7 Å². The van der Waals surface area contributed by atoms with E-state index >= 15 is 0 Å². The minimum Gasteiger partial charge on any atom is -0.488 e. The molecule has 0 saturated carbocycles. The molecule has 1 atom stereocenters. The van der Waals surface area contributed by atoms with Gasteiger partial charge in [0.2, 0.25) is 11.8 Å². The zero-order valence-corrected chi connectivity index (χ0v) is 17.4. The molecule has 1 aliphatic heterocycles. The predicted octanol–water partition coefficient (Wildman–Crippen LogP) is 2.89. The van der Waals surface area contributed by atoms with Crippen molar-refractivity contribution in [3.05, 3.63) is 52.0 Å². The molecule has 0 fully saturated rings. The van der Waals surface area contributed by atoms with Gasteiger partial charge in [-0.2, -0.15) is 0 Å². The molecular formula is C21H25FN2O4S. The molecule has 6 nitrogen and oxygen atoms in total. The highest BCUT2D eigenvalue weighted by Gasteiger charge is 2.33. The van der Waals surface area contributed by atoms with E-state index in [2.05, 4.69) is 0 Å². The number of hydrogen-bond acceptors (Lipinski definition) is 5. The third-order valence-corrected chi connectivity index (χ3v) is 5.98. The van der Waals surface area contributed by atoms with Crippen molar-refractivity contribution in [1.29, 1.82) is 0 Å². The second kappa shape index (κ2) is 9.84. The minimum atomic E-state index is -0.436. The van der Waals surface area contributed by atoms with E-state index in [0.717, 1.165) is 12.0 Å². The number of methoxy groups -OCH3 is 1. The summed E-state index contributed by atoms with van der Waals surface area (Å²) in [7, 11) is 1.55. The van der Waals surface area contributed by atoms with Gasteiger partial charge in [-0.25, -0.2) is 4.39 Å². The first kappa shape index (κ1) is 21.3. The summed E-state index contributed by atoms with van der Waals surface area (Å²) in [6.07, 6.45) is 0.757. The number of benzene rings is 1. The van der Waals surface area contributed by atoms with Gasteiger partial charge >= 0.3 is 0 Å². The fraction of sp³-hybridized carbons (Fsp3) is 0.429. The van der Waals surface area contributed by atoms with Crippen LogP contribution in [-0.4, -0.2) is 61.6 Å². The number of rotatable bonds is 8. The average Bonchev–Trinajstić information content (AvgIpc) is 3.19. The van der Waals surface area contributed by atoms with Gasteiger partial charge in [-0.1, -0.05) is 12.1 Å². The molecule has 0 bridgehead atoms. The number of para-hydroxylation sites is 1. The number of carbonyl (C=O) groups is 2. The van der Waals surface area contributed by atoms with E-state index in [1.54, 1.807) is 41.5 Å². The summed E-state index contributed by atoms with van der Waals surface area (Å²) in [4.78, 5) is 29.4. The maximum atomic E-state index is 14.0. The van der Waals surface area contributed by atoms with Gasteiger partial charge in [0.15, 0.2) is 11.6 Å². The van der Waals surface area contributed by atoms with Gasteiger partial charge in [-0.05, 0) is 35.6 Å². The van der Waals surface area contributed by atoms with Crippen molar-refractivity contribution in [2.24, 2.45) is 0 Å². The van der Waals surface area contributed by atoms with Gasteiger partial charge in [0, 0.05) is 32.0 Å². The number of fused-ring (bicyclic) bond motifs is 1. The number of nitrogens with zero attached hydrogens (tertiary/aromatic N) is 2. The van der Waals surface area contributed by atoms with Crippen molar-refractivity contribution in [2.75, 3.05) is 40.0 Å². The van der Waals surface area contributed by atoms with Crippen LogP contribution in [0.5, 0.6) is 5.75 Å². The Kier molecular flexibility index (Phi) is 7.22. The van der Waals surface area contributed by atoms with Crippen molar-refractivity contribution in [1.82, 2.24) is 9.80 Å². The maximum Gasteiger partial charge on any atom is 0.242 e. The van der Waals surface area contributed by atoms with Crippen molar-refractivity contribution in [3.8, 4) is 5.75 Å². The lowest BCUT2D eigenvalue weighted by Gasteiger charge is -2.37. The van der Waals surface area contributed by atoms with Crippen LogP contribution in [0.1, 0.15) is 23.4 Å². The lowest BCUT2D eigenvalue weighted by Crippen LogP contribution is -2.48. The number of amides is 2. The van der Waals surface area contributed by atoms with Crippen LogP contribution in [0.25, 0.3) is 0 Å². The molecule has 0 spiro atoms. The first-order valence-corrected chi connectivity index (χ1v) is 10.4. The van der Waals surface area contributed by atoms with Crippen LogP contribution in [0, 0.1) is 5.82 Å². The topological polar surface area (TPSA) is 59.1 Å². The van der Waals surface area contributed by atoms with E-state index < -0.39 is 5.82 Å². The molecule has 1 aromatic heterocycles. The summed E-state index contributed by atoms with van der Waals surface area (Å²) in [6, 6.07) is 7.89. The van der Waals surface area contributed by atoms with E-state index in [4.69, 9.17) is 9.47 Å². The molecule has 1 aliphatic rings. The quantitative estimate of drug-likeness (QED) is 0.659. The van der Waals surface area contributed by atoms with E-state index in [1.807, 2.05) is 11.4 Å². The summed E-state index contributed by atoms with van der Waals surface area (Å²) in [5, 5.41) is 2.00. The van der Waals surface area contributed by atoms with Crippen molar-refractivity contribution in [2.45, 2.75) is 19.4 Å². The van der Waals surface area contributed by atoms with Gasteiger partial charge in [0.25, 0.3) is 0 Å². The summed E-state index contributed by atoms with van der Waals surface area (Å²) in [5.41, 5.74) is 1.03. The lowest BCUT2D eigenvalue weighted by molar-refractivity contribution is -0.142. The van der Waals surface area contributed by atoms with Crippen LogP contribution in [0.15, 0.2) is 35.7 Å². The molecule has 0 saturated heterocycles. The van der Waals surface area contributed by atoms with Crippen molar-refractivity contribution in [3.63, 3.8) is 0 Å². The second-order valence-corrected chi connectivity index (χ2v) is 7.83. The zero-order chi connectivity index (χ0) is 20.8. The molecule has 0 unspecified atom stereocenters. The van der Waals surface area contributed by atoms with Crippen LogP contribution in [0.3, 0.4) is 0 Å². The molecule has 8 heteroatoms. The van der Waals surface area contributed by atoms with Crippen LogP contribution in [0.2, 0.25) is 0 Å². The Hall–Kier alpha value is -2.45. The summed E-state index contributed by atoms with van der Waals surface area (Å²) in [6.45, 7) is 2.82. The molecule has 0 radical (unpaired) electrons. The standard InChI is InChI=1S/C21H25FN2O4S/c1-15(25)23(10-11-27-2)13-21(26)24-9-7-20-16(8-12-29-20)18(24)14-28-19-6-4-3-5-17(19)22/h3-6,8,12,18H,7,9-11,13-14H2,1-2H3/t18-/m1/s1. The molecular weight excluding hydrogens is 395 g/mol.